The molecule has 0 amide bonds. The largest absolute Gasteiger partial charge is 0.467 e. The van der Waals surface area contributed by atoms with Gasteiger partial charge in [0.2, 0.25) is 6.29 Å². The van der Waals surface area contributed by atoms with E-state index in [1.165, 1.54) is 0 Å². The van der Waals surface area contributed by atoms with Crippen LogP contribution >= 0.6 is 0 Å². The van der Waals surface area contributed by atoms with Crippen LogP contribution in [0.15, 0.2) is 11.8 Å². The molecule has 3 aliphatic heterocycles. The number of nitrogens with two attached hydrogens (primary N) is 6. The van der Waals surface area contributed by atoms with E-state index in [1.54, 1.807) is 6.08 Å². The van der Waals surface area contributed by atoms with Gasteiger partial charge in [-0.25, -0.2) is 0 Å². The molecule has 232 valence electrons. The molecular formula is C23H44N6O11. The lowest BCUT2D eigenvalue weighted by molar-refractivity contribution is -0.282. The monoisotopic (exact) mass is 580 g/mol. The molecule has 4 rings (SSSR count). The third-order valence-corrected chi connectivity index (χ3v) is 7.83. The number of aliphatic hydroxyl groups excluding tert-OH is 5. The van der Waals surface area contributed by atoms with Crippen LogP contribution in [0.2, 0.25) is 0 Å². The van der Waals surface area contributed by atoms with E-state index >= 15 is 0 Å². The zero-order chi connectivity index (χ0) is 29.3. The Kier molecular flexibility index (Phi) is 10.7. The Morgan fingerprint density at radius 1 is 0.725 bits per heavy atom. The minimum absolute atomic E-state index is 0.137. The molecule has 0 unspecified atom stereocenters. The predicted molar refractivity (Wildman–Crippen MR) is 135 cm³/mol. The van der Waals surface area contributed by atoms with E-state index in [4.69, 9.17) is 62.8 Å². The Morgan fingerprint density at radius 3 is 2.02 bits per heavy atom. The van der Waals surface area contributed by atoms with E-state index in [9.17, 15) is 25.5 Å². The number of hydrogen-bond donors (Lipinski definition) is 11. The first-order valence-electron chi connectivity index (χ1n) is 13.4. The number of ether oxygens (including phenoxy) is 6. The molecular weight excluding hydrogens is 536 g/mol. The number of rotatable bonds is 9. The highest BCUT2D eigenvalue weighted by Crippen LogP contribution is 2.34. The summed E-state index contributed by atoms with van der Waals surface area (Å²) in [5.74, 6) is 0.490. The molecule has 0 aromatic heterocycles. The van der Waals surface area contributed by atoms with E-state index in [-0.39, 0.29) is 19.5 Å². The van der Waals surface area contributed by atoms with Crippen LogP contribution in [0.3, 0.4) is 0 Å². The molecule has 17 N–H and O–H groups in total. The van der Waals surface area contributed by atoms with Crippen LogP contribution in [0.1, 0.15) is 12.8 Å². The van der Waals surface area contributed by atoms with Gasteiger partial charge < -0.3 is 88.4 Å². The van der Waals surface area contributed by atoms with Crippen LogP contribution in [-0.2, 0) is 28.4 Å². The molecule has 17 nitrogen and oxygen atoms in total. The van der Waals surface area contributed by atoms with Crippen molar-refractivity contribution in [1.82, 2.24) is 0 Å². The van der Waals surface area contributed by atoms with Crippen molar-refractivity contribution < 1.29 is 54.0 Å². The maximum atomic E-state index is 11.1. The molecule has 0 aromatic carbocycles. The van der Waals surface area contributed by atoms with Crippen molar-refractivity contribution in [1.29, 1.82) is 0 Å². The summed E-state index contributed by atoms with van der Waals surface area (Å²) in [5, 5.41) is 52.4. The fourth-order valence-corrected chi connectivity index (χ4v) is 5.40. The van der Waals surface area contributed by atoms with Crippen LogP contribution in [0.5, 0.6) is 0 Å². The van der Waals surface area contributed by atoms with Crippen LogP contribution < -0.4 is 34.4 Å². The summed E-state index contributed by atoms with van der Waals surface area (Å²) in [4.78, 5) is 0. The Labute approximate surface area is 231 Å². The lowest BCUT2D eigenvalue weighted by Crippen LogP contribution is -2.65. The highest BCUT2D eigenvalue weighted by atomic mass is 16.8. The van der Waals surface area contributed by atoms with Gasteiger partial charge >= 0.3 is 0 Å². The summed E-state index contributed by atoms with van der Waals surface area (Å²) in [6, 6.07) is -3.24. The quantitative estimate of drug-likeness (QED) is 0.121. The predicted octanol–water partition coefficient (Wildman–Crippen LogP) is -6.71. The molecule has 0 bridgehead atoms. The molecule has 16 atom stereocenters. The zero-order valence-electron chi connectivity index (χ0n) is 22.0. The lowest BCUT2D eigenvalue weighted by Gasteiger charge is -2.45. The zero-order valence-corrected chi connectivity index (χ0v) is 22.0. The van der Waals surface area contributed by atoms with Crippen molar-refractivity contribution in [2.45, 2.75) is 111 Å². The van der Waals surface area contributed by atoms with Gasteiger partial charge in [-0.2, -0.15) is 0 Å². The van der Waals surface area contributed by atoms with E-state index in [0.29, 0.717) is 12.2 Å². The first-order chi connectivity index (χ1) is 19.0. The third kappa shape index (κ3) is 6.45. The van der Waals surface area contributed by atoms with Crippen molar-refractivity contribution in [3.63, 3.8) is 0 Å². The van der Waals surface area contributed by atoms with E-state index in [2.05, 4.69) is 0 Å². The van der Waals surface area contributed by atoms with Crippen molar-refractivity contribution in [3.8, 4) is 0 Å². The summed E-state index contributed by atoms with van der Waals surface area (Å²) in [6.45, 7) is -0.596. The van der Waals surface area contributed by atoms with Crippen LogP contribution in [0.25, 0.3) is 0 Å². The van der Waals surface area contributed by atoms with Gasteiger partial charge in [0.25, 0.3) is 0 Å². The average molecular weight is 581 g/mol. The highest BCUT2D eigenvalue weighted by Gasteiger charge is 2.53. The second kappa shape index (κ2) is 13.5. The number of aliphatic hydroxyl groups is 5. The standard InChI is InChI=1S/C23H44N6O11/c24-4-7-1-2-8(26)21(35-7)38-18-10(28)3-9(27)14(31)20(18)40-23-17(34)19(12(6-30)37-23)39-22-13(29)16(33)15(32)11(5-25)36-22/h1,8-23,30-34H,2-6,24-29H2/t8-,9+,10-,11+,12+,13-,14-,15-,16-,17+,18+,19+,20+,21-,22-,23-/m0/s1. The van der Waals surface area contributed by atoms with E-state index in [0.717, 1.165) is 0 Å². The van der Waals surface area contributed by atoms with Gasteiger partial charge in [0.15, 0.2) is 12.6 Å². The summed E-state index contributed by atoms with van der Waals surface area (Å²) in [6.07, 6.45) is -12.4. The van der Waals surface area contributed by atoms with Gasteiger partial charge in [0, 0.05) is 18.6 Å². The Morgan fingerprint density at radius 2 is 1.38 bits per heavy atom. The molecule has 2 saturated heterocycles. The third-order valence-electron chi connectivity index (χ3n) is 7.83. The second-order valence-electron chi connectivity index (χ2n) is 10.7. The van der Waals surface area contributed by atoms with Crippen LogP contribution in [0.4, 0.5) is 0 Å². The van der Waals surface area contributed by atoms with Crippen molar-refractivity contribution >= 4 is 0 Å². The Hall–Kier alpha value is -1.10. The normalized spacial score (nSPS) is 49.9. The molecule has 0 spiro atoms. The summed E-state index contributed by atoms with van der Waals surface area (Å²) < 4.78 is 35.0. The van der Waals surface area contributed by atoms with E-state index in [1.807, 2.05) is 0 Å². The average Bonchev–Trinajstić information content (AvgIpc) is 3.23. The number of hydrogen-bond acceptors (Lipinski definition) is 17. The first-order valence-corrected chi connectivity index (χ1v) is 13.4. The molecule has 3 fully saturated rings. The fraction of sp³-hybridized carbons (Fsp3) is 0.913. The fourth-order valence-electron chi connectivity index (χ4n) is 5.40. The molecule has 4 aliphatic rings. The van der Waals surface area contributed by atoms with Crippen molar-refractivity contribution in [2.75, 3.05) is 19.7 Å². The van der Waals surface area contributed by atoms with Gasteiger partial charge in [-0.1, -0.05) is 0 Å². The molecule has 0 aromatic rings. The van der Waals surface area contributed by atoms with Crippen LogP contribution in [-0.4, -0.2) is 143 Å². The van der Waals surface area contributed by atoms with Crippen LogP contribution in [0, 0.1) is 0 Å². The van der Waals surface area contributed by atoms with Gasteiger partial charge in [-0.3, -0.25) is 0 Å². The molecule has 1 aliphatic carbocycles. The minimum atomic E-state index is -1.53. The maximum Gasteiger partial charge on any atom is 0.215 e. The first kappa shape index (κ1) is 31.8. The minimum Gasteiger partial charge on any atom is -0.467 e. The van der Waals surface area contributed by atoms with Gasteiger partial charge in [0.1, 0.15) is 54.6 Å². The second-order valence-corrected chi connectivity index (χ2v) is 10.7. The Balaban J connectivity index is 1.48. The molecule has 1 saturated carbocycles. The topological polar surface area (TPSA) is 313 Å². The van der Waals surface area contributed by atoms with E-state index < -0.39 is 105 Å². The molecule has 0 radical (unpaired) electrons. The van der Waals surface area contributed by atoms with Crippen molar-refractivity contribution in [3.05, 3.63) is 11.8 Å². The summed E-state index contributed by atoms with van der Waals surface area (Å²) >= 11 is 0. The molecule has 17 heteroatoms. The molecule has 3 heterocycles. The Bertz CT molecular complexity index is 860. The van der Waals surface area contributed by atoms with Gasteiger partial charge in [-0.15, -0.1) is 0 Å². The van der Waals surface area contributed by atoms with Gasteiger partial charge in [0.05, 0.1) is 31.3 Å². The van der Waals surface area contributed by atoms with Crippen molar-refractivity contribution in [2.24, 2.45) is 34.4 Å². The van der Waals surface area contributed by atoms with Gasteiger partial charge in [-0.05, 0) is 18.9 Å². The summed E-state index contributed by atoms with van der Waals surface area (Å²) in [7, 11) is 0. The maximum absolute atomic E-state index is 11.1. The summed E-state index contributed by atoms with van der Waals surface area (Å²) in [5.41, 5.74) is 35.9. The SMILES string of the molecule is NCC1=CC[C@H](N)[C@H](O[C@H]2[C@H](O[C@@H]3O[C@H](CO)[C@@H](O[C@@H]4O[C@H](CN)[C@H](O)[C@@H](O)[C@@H]4N)[C@H]3O)[C@@H](O)[C@H](N)C[C@@H]2N)O1. The highest BCUT2D eigenvalue weighted by molar-refractivity contribution is 5.04. The lowest BCUT2D eigenvalue weighted by atomic mass is 9.84. The molecule has 40 heavy (non-hydrogen) atoms. The smallest absolute Gasteiger partial charge is 0.215 e.